The Balaban J connectivity index is 1.85. The molecule has 1 aromatic heterocycles. The van der Waals surface area contributed by atoms with Gasteiger partial charge in [0.2, 0.25) is 0 Å². The zero-order chi connectivity index (χ0) is 11.7. The third kappa shape index (κ3) is 2.05. The quantitative estimate of drug-likeness (QED) is 0.902. The van der Waals surface area contributed by atoms with Crippen molar-refractivity contribution in [1.29, 1.82) is 0 Å². The lowest BCUT2D eigenvalue weighted by Gasteiger charge is -2.10. The normalized spacial score (nSPS) is 16.9. The smallest absolute Gasteiger partial charge is 0.0996 e. The maximum absolute atomic E-state index is 4.57. The zero-order valence-electron chi connectivity index (χ0n) is 9.81. The van der Waals surface area contributed by atoms with Crippen molar-refractivity contribution >= 4 is 27.5 Å². The number of nitrogens with one attached hydrogen (secondary N) is 1. The standard InChI is InChI=1S/C13H15N3S/c1-9(13-14-6-7-15-13)8-11-10-4-2-3-5-12(10)17-16-11/h2-5,9H,6-8H2,1H3,(H,14,15). The topological polar surface area (TPSA) is 37.3 Å². The lowest BCUT2D eigenvalue weighted by molar-refractivity contribution is 0.736. The Morgan fingerprint density at radius 3 is 3.12 bits per heavy atom. The monoisotopic (exact) mass is 245 g/mol. The summed E-state index contributed by atoms with van der Waals surface area (Å²) in [5.41, 5.74) is 1.20. The van der Waals surface area contributed by atoms with Crippen LogP contribution in [0.2, 0.25) is 0 Å². The van der Waals surface area contributed by atoms with E-state index in [0.717, 1.165) is 25.3 Å². The van der Waals surface area contributed by atoms with Crippen LogP contribution in [-0.4, -0.2) is 23.3 Å². The fourth-order valence-corrected chi connectivity index (χ4v) is 3.02. The molecule has 0 radical (unpaired) electrons. The van der Waals surface area contributed by atoms with Crippen molar-refractivity contribution in [1.82, 2.24) is 9.69 Å². The number of amidine groups is 1. The minimum Gasteiger partial charge on any atom is -0.372 e. The highest BCUT2D eigenvalue weighted by molar-refractivity contribution is 7.13. The van der Waals surface area contributed by atoms with Crippen LogP contribution in [0.4, 0.5) is 0 Å². The number of hydrogen-bond acceptors (Lipinski definition) is 4. The average molecular weight is 245 g/mol. The van der Waals surface area contributed by atoms with E-state index in [9.17, 15) is 0 Å². The molecule has 1 aliphatic rings. The summed E-state index contributed by atoms with van der Waals surface area (Å²) in [5.74, 6) is 1.57. The van der Waals surface area contributed by atoms with E-state index in [1.54, 1.807) is 11.5 Å². The molecule has 0 amide bonds. The van der Waals surface area contributed by atoms with Crippen LogP contribution < -0.4 is 5.32 Å². The van der Waals surface area contributed by atoms with Gasteiger partial charge in [0.25, 0.3) is 0 Å². The summed E-state index contributed by atoms with van der Waals surface area (Å²) in [6, 6.07) is 8.43. The molecule has 0 bridgehead atoms. The highest BCUT2D eigenvalue weighted by Gasteiger charge is 2.16. The van der Waals surface area contributed by atoms with Crippen LogP contribution in [0.1, 0.15) is 12.6 Å². The number of hydrogen-bond donors (Lipinski definition) is 1. The van der Waals surface area contributed by atoms with Crippen LogP contribution in [0.5, 0.6) is 0 Å². The fourth-order valence-electron chi connectivity index (χ4n) is 2.22. The zero-order valence-corrected chi connectivity index (χ0v) is 10.6. The second kappa shape index (κ2) is 4.45. The van der Waals surface area contributed by atoms with E-state index >= 15 is 0 Å². The molecule has 0 spiro atoms. The predicted octanol–water partition coefficient (Wildman–Crippen LogP) is 2.48. The van der Waals surface area contributed by atoms with Crippen molar-refractivity contribution < 1.29 is 0 Å². The molecule has 2 heterocycles. The SMILES string of the molecule is CC(Cc1nsc2ccccc12)C1=NCCN1. The van der Waals surface area contributed by atoms with Gasteiger partial charge in [0.15, 0.2) is 0 Å². The Morgan fingerprint density at radius 1 is 1.41 bits per heavy atom. The molecule has 0 saturated heterocycles. The predicted molar refractivity (Wildman–Crippen MR) is 72.8 cm³/mol. The van der Waals surface area contributed by atoms with E-state index in [1.165, 1.54) is 15.8 Å². The van der Waals surface area contributed by atoms with Gasteiger partial charge in [-0.1, -0.05) is 25.1 Å². The summed E-state index contributed by atoms with van der Waals surface area (Å²) in [6.45, 7) is 4.11. The van der Waals surface area contributed by atoms with Gasteiger partial charge in [-0.25, -0.2) is 0 Å². The van der Waals surface area contributed by atoms with Crippen LogP contribution in [0, 0.1) is 5.92 Å². The Bertz CT molecular complexity index is 559. The minimum atomic E-state index is 0.433. The first kappa shape index (κ1) is 10.7. The molecule has 1 aromatic carbocycles. The highest BCUT2D eigenvalue weighted by atomic mass is 32.1. The lowest BCUT2D eigenvalue weighted by atomic mass is 10.0. The maximum atomic E-state index is 4.57. The molecule has 88 valence electrons. The van der Waals surface area contributed by atoms with Crippen molar-refractivity contribution in [3.05, 3.63) is 30.0 Å². The summed E-state index contributed by atoms with van der Waals surface area (Å²) >= 11 is 1.59. The van der Waals surface area contributed by atoms with Gasteiger partial charge in [0.05, 0.1) is 22.8 Å². The number of benzene rings is 1. The van der Waals surface area contributed by atoms with Crippen molar-refractivity contribution in [2.45, 2.75) is 13.3 Å². The first-order chi connectivity index (χ1) is 8.34. The fraction of sp³-hybridized carbons (Fsp3) is 0.385. The Kier molecular flexibility index (Phi) is 2.81. The lowest BCUT2D eigenvalue weighted by Crippen LogP contribution is -2.26. The summed E-state index contributed by atoms with van der Waals surface area (Å²) in [7, 11) is 0. The van der Waals surface area contributed by atoms with Gasteiger partial charge >= 0.3 is 0 Å². The largest absolute Gasteiger partial charge is 0.372 e. The minimum absolute atomic E-state index is 0.433. The average Bonchev–Trinajstić information content (AvgIpc) is 2.98. The van der Waals surface area contributed by atoms with Gasteiger partial charge in [-0.05, 0) is 17.6 Å². The van der Waals surface area contributed by atoms with E-state index in [-0.39, 0.29) is 0 Å². The van der Waals surface area contributed by atoms with Gasteiger partial charge in [0.1, 0.15) is 0 Å². The molecule has 3 nitrogen and oxygen atoms in total. The first-order valence-corrected chi connectivity index (χ1v) is 6.73. The van der Waals surface area contributed by atoms with Crippen molar-refractivity contribution in [3.8, 4) is 0 Å². The molecule has 17 heavy (non-hydrogen) atoms. The van der Waals surface area contributed by atoms with Gasteiger partial charge in [0, 0.05) is 24.3 Å². The highest BCUT2D eigenvalue weighted by Crippen LogP contribution is 2.24. The second-order valence-corrected chi connectivity index (χ2v) is 5.23. The van der Waals surface area contributed by atoms with Crippen LogP contribution in [0.15, 0.2) is 29.3 Å². The van der Waals surface area contributed by atoms with Gasteiger partial charge < -0.3 is 5.32 Å². The first-order valence-electron chi connectivity index (χ1n) is 5.96. The van der Waals surface area contributed by atoms with E-state index in [1.807, 2.05) is 0 Å². The molecule has 4 heteroatoms. The van der Waals surface area contributed by atoms with E-state index in [2.05, 4.69) is 45.9 Å². The number of rotatable bonds is 3. The molecule has 1 N–H and O–H groups in total. The van der Waals surface area contributed by atoms with Gasteiger partial charge in [-0.3, -0.25) is 4.99 Å². The molecular weight excluding hydrogens is 230 g/mol. The molecule has 2 aromatic rings. The van der Waals surface area contributed by atoms with Crippen LogP contribution in [0.3, 0.4) is 0 Å². The molecule has 3 rings (SSSR count). The van der Waals surface area contributed by atoms with Crippen LogP contribution in [0.25, 0.3) is 10.1 Å². The van der Waals surface area contributed by atoms with E-state index in [0.29, 0.717) is 5.92 Å². The number of nitrogens with zero attached hydrogens (tertiary/aromatic N) is 2. The number of aromatic nitrogens is 1. The Hall–Kier alpha value is -1.42. The van der Waals surface area contributed by atoms with Crippen molar-refractivity contribution in [2.75, 3.05) is 13.1 Å². The van der Waals surface area contributed by atoms with E-state index < -0.39 is 0 Å². The van der Waals surface area contributed by atoms with Crippen LogP contribution in [-0.2, 0) is 6.42 Å². The molecule has 1 aliphatic heterocycles. The molecule has 1 unspecified atom stereocenters. The molecule has 0 saturated carbocycles. The molecule has 0 aliphatic carbocycles. The molecule has 1 atom stereocenters. The van der Waals surface area contributed by atoms with Crippen molar-refractivity contribution in [2.24, 2.45) is 10.9 Å². The third-order valence-electron chi connectivity index (χ3n) is 3.12. The summed E-state index contributed by atoms with van der Waals surface area (Å²) in [4.78, 5) is 4.48. The number of aliphatic imine (C=N–C) groups is 1. The Labute approximate surface area is 105 Å². The van der Waals surface area contributed by atoms with E-state index in [4.69, 9.17) is 0 Å². The molecular formula is C13H15N3S. The summed E-state index contributed by atoms with van der Waals surface area (Å²) in [5, 5.41) is 4.64. The van der Waals surface area contributed by atoms with Crippen molar-refractivity contribution in [3.63, 3.8) is 0 Å². The summed E-state index contributed by atoms with van der Waals surface area (Å²) in [6.07, 6.45) is 0.968. The molecule has 0 fully saturated rings. The summed E-state index contributed by atoms with van der Waals surface area (Å²) < 4.78 is 5.84. The van der Waals surface area contributed by atoms with Gasteiger partial charge in [-0.15, -0.1) is 0 Å². The Morgan fingerprint density at radius 2 is 2.29 bits per heavy atom. The van der Waals surface area contributed by atoms with Gasteiger partial charge in [-0.2, -0.15) is 4.37 Å². The van der Waals surface area contributed by atoms with Crippen LogP contribution >= 0.6 is 11.5 Å². The maximum Gasteiger partial charge on any atom is 0.0996 e. The third-order valence-corrected chi connectivity index (χ3v) is 3.98. The number of fused-ring (bicyclic) bond motifs is 1. The second-order valence-electron chi connectivity index (χ2n) is 4.42.